The molecule has 1 heterocycles. The van der Waals surface area contributed by atoms with Crippen molar-refractivity contribution in [2.45, 2.75) is 27.7 Å². The molecule has 1 aliphatic rings. The van der Waals surface area contributed by atoms with Crippen molar-refractivity contribution in [3.8, 4) is 0 Å². The predicted octanol–water partition coefficient (Wildman–Crippen LogP) is 4.49. The van der Waals surface area contributed by atoms with Crippen LogP contribution in [0.15, 0.2) is 77.7 Å². The maximum atomic E-state index is 14.2. The lowest BCUT2D eigenvalue weighted by molar-refractivity contribution is -0.114. The molecule has 0 unspecified atom stereocenters. The fourth-order valence-electron chi connectivity index (χ4n) is 2.62. The van der Waals surface area contributed by atoms with E-state index in [-0.39, 0.29) is 5.82 Å². The molecule has 27 heavy (non-hydrogen) atoms. The molecule has 0 atom stereocenters. The fraction of sp³-hybridized carbons (Fsp3) is 0.227. The number of carbonyl (C=O) groups is 1. The topological polar surface area (TPSA) is 67.2 Å². The number of allylic oxidation sites excluding steroid dienone is 5. The van der Waals surface area contributed by atoms with Gasteiger partial charge in [-0.05, 0) is 37.1 Å². The van der Waals surface area contributed by atoms with Crippen molar-refractivity contribution in [1.82, 2.24) is 5.32 Å². The van der Waals surface area contributed by atoms with Crippen LogP contribution >= 0.6 is 0 Å². The summed E-state index contributed by atoms with van der Waals surface area (Å²) in [6.45, 7) is 11.7. The average molecular weight is 369 g/mol. The molecule has 1 amide bonds. The quantitative estimate of drug-likeness (QED) is 0.647. The second-order valence-electron chi connectivity index (χ2n) is 5.62. The molecule has 0 spiro atoms. The lowest BCUT2D eigenvalue weighted by Gasteiger charge is -2.23. The van der Waals surface area contributed by atoms with Gasteiger partial charge in [-0.1, -0.05) is 50.8 Å². The molecule has 0 aliphatic carbocycles. The number of nitrogens with one attached hydrogen (secondary N) is 2. The van der Waals surface area contributed by atoms with Gasteiger partial charge in [-0.3, -0.25) is 4.79 Å². The summed E-state index contributed by atoms with van der Waals surface area (Å²) in [5.74, 6) is -0.968. The van der Waals surface area contributed by atoms with Crippen molar-refractivity contribution >= 4 is 11.6 Å². The van der Waals surface area contributed by atoms with Crippen LogP contribution in [0.3, 0.4) is 0 Å². The number of primary amides is 1. The molecular formula is C22H28FN3O. The Hall–Kier alpha value is -3.08. The summed E-state index contributed by atoms with van der Waals surface area (Å²) in [6, 6.07) is 4.87. The summed E-state index contributed by atoms with van der Waals surface area (Å²) in [5, 5.41) is 6.10. The number of benzene rings is 1. The van der Waals surface area contributed by atoms with Gasteiger partial charge in [0.25, 0.3) is 5.91 Å². The van der Waals surface area contributed by atoms with Crippen LogP contribution in [0.5, 0.6) is 0 Å². The minimum atomic E-state index is -0.581. The number of dihydropyridines is 1. The molecule has 1 aliphatic heterocycles. The highest BCUT2D eigenvalue weighted by Gasteiger charge is 2.23. The van der Waals surface area contributed by atoms with E-state index in [0.29, 0.717) is 29.1 Å². The lowest BCUT2D eigenvalue weighted by atomic mass is 9.93. The first kappa shape index (κ1) is 22.0. The van der Waals surface area contributed by atoms with E-state index < -0.39 is 5.91 Å². The van der Waals surface area contributed by atoms with Crippen LogP contribution in [0.2, 0.25) is 0 Å². The third kappa shape index (κ3) is 5.71. The van der Waals surface area contributed by atoms with Crippen LogP contribution in [-0.4, -0.2) is 12.5 Å². The molecule has 0 saturated heterocycles. The number of anilines is 1. The van der Waals surface area contributed by atoms with Gasteiger partial charge in [-0.25, -0.2) is 4.39 Å². The highest BCUT2D eigenvalue weighted by atomic mass is 19.1. The van der Waals surface area contributed by atoms with Gasteiger partial charge in [0, 0.05) is 17.5 Å². The van der Waals surface area contributed by atoms with Crippen molar-refractivity contribution in [1.29, 1.82) is 0 Å². The second kappa shape index (κ2) is 10.8. The third-order valence-corrected chi connectivity index (χ3v) is 3.71. The molecule has 0 aromatic heterocycles. The largest absolute Gasteiger partial charge is 0.385 e. The van der Waals surface area contributed by atoms with Gasteiger partial charge in [-0.15, -0.1) is 0 Å². The second-order valence-corrected chi connectivity index (χ2v) is 5.62. The molecule has 4 N–H and O–H groups in total. The maximum Gasteiger partial charge on any atom is 0.251 e. The predicted molar refractivity (Wildman–Crippen MR) is 112 cm³/mol. The summed E-state index contributed by atoms with van der Waals surface area (Å²) >= 11 is 0. The normalized spacial score (nSPS) is 14.1. The standard InChI is InChI=1S/C20H22FN3O.C2H6/c1-4-6-14(7-5-2)15-11-23-12-18(19(15)20(22)25)24-17-9-8-13(3)10-16(17)21;1-2/h4-11,23-24H,1,12H2,2-3H3,(H2,22,25);1-2H3/b7-5-,14-6+;. The Kier molecular flexibility index (Phi) is 8.79. The molecule has 0 fully saturated rings. The van der Waals surface area contributed by atoms with E-state index in [1.807, 2.05) is 39.8 Å². The van der Waals surface area contributed by atoms with E-state index in [0.717, 1.165) is 11.1 Å². The number of carbonyl (C=O) groups excluding carboxylic acids is 1. The van der Waals surface area contributed by atoms with E-state index in [1.54, 1.807) is 30.5 Å². The monoisotopic (exact) mass is 369 g/mol. The third-order valence-electron chi connectivity index (χ3n) is 3.71. The first-order valence-electron chi connectivity index (χ1n) is 8.93. The van der Waals surface area contributed by atoms with Crippen LogP contribution in [0, 0.1) is 12.7 Å². The number of hydrogen-bond donors (Lipinski definition) is 3. The highest BCUT2D eigenvalue weighted by Crippen LogP contribution is 2.27. The van der Waals surface area contributed by atoms with Gasteiger partial charge in [0.15, 0.2) is 0 Å². The van der Waals surface area contributed by atoms with Gasteiger partial charge in [0.2, 0.25) is 0 Å². The van der Waals surface area contributed by atoms with Crippen LogP contribution < -0.4 is 16.4 Å². The summed E-state index contributed by atoms with van der Waals surface area (Å²) in [7, 11) is 0. The van der Waals surface area contributed by atoms with Crippen LogP contribution in [-0.2, 0) is 4.79 Å². The SMILES string of the molecule is C=C/C=C(\C=C/C)C1=CNCC(Nc2ccc(C)cc2F)=C1C(N)=O.CC. The summed E-state index contributed by atoms with van der Waals surface area (Å²) < 4.78 is 14.2. The van der Waals surface area contributed by atoms with E-state index in [4.69, 9.17) is 5.73 Å². The zero-order chi connectivity index (χ0) is 20.4. The summed E-state index contributed by atoms with van der Waals surface area (Å²) in [5.41, 5.74) is 8.99. The Morgan fingerprint density at radius 1 is 1.37 bits per heavy atom. The number of amides is 1. The number of hydrogen-bond acceptors (Lipinski definition) is 3. The average Bonchev–Trinajstić information content (AvgIpc) is 2.65. The van der Waals surface area contributed by atoms with Crippen LogP contribution in [0.4, 0.5) is 10.1 Å². The molecule has 4 nitrogen and oxygen atoms in total. The van der Waals surface area contributed by atoms with E-state index in [9.17, 15) is 9.18 Å². The molecule has 144 valence electrons. The molecule has 0 saturated carbocycles. The van der Waals surface area contributed by atoms with Crippen molar-refractivity contribution in [3.05, 3.63) is 89.1 Å². The molecule has 5 heteroatoms. The fourth-order valence-corrected chi connectivity index (χ4v) is 2.62. The molecule has 0 bridgehead atoms. The lowest BCUT2D eigenvalue weighted by Crippen LogP contribution is -2.30. The molecular weight excluding hydrogens is 341 g/mol. The molecule has 1 aromatic carbocycles. The molecule has 0 radical (unpaired) electrons. The molecule has 2 rings (SSSR count). The molecule has 1 aromatic rings. The van der Waals surface area contributed by atoms with Crippen molar-refractivity contribution in [3.63, 3.8) is 0 Å². The van der Waals surface area contributed by atoms with Gasteiger partial charge >= 0.3 is 0 Å². The van der Waals surface area contributed by atoms with Crippen molar-refractivity contribution < 1.29 is 9.18 Å². The number of rotatable bonds is 6. The smallest absolute Gasteiger partial charge is 0.251 e. The van der Waals surface area contributed by atoms with Crippen molar-refractivity contribution in [2.24, 2.45) is 5.73 Å². The zero-order valence-corrected chi connectivity index (χ0v) is 16.4. The zero-order valence-electron chi connectivity index (χ0n) is 16.4. The first-order chi connectivity index (χ1) is 13.0. The first-order valence-corrected chi connectivity index (χ1v) is 8.93. The van der Waals surface area contributed by atoms with Crippen LogP contribution in [0.25, 0.3) is 0 Å². The van der Waals surface area contributed by atoms with Crippen molar-refractivity contribution in [2.75, 3.05) is 11.9 Å². The number of aryl methyl sites for hydroxylation is 1. The van der Waals surface area contributed by atoms with Gasteiger partial charge in [0.1, 0.15) is 5.82 Å². The Labute approximate surface area is 161 Å². The minimum absolute atomic E-state index is 0.294. The maximum absolute atomic E-state index is 14.2. The van der Waals surface area contributed by atoms with Gasteiger partial charge in [0.05, 0.1) is 17.8 Å². The summed E-state index contributed by atoms with van der Waals surface area (Å²) in [4.78, 5) is 12.1. The Balaban J connectivity index is 0.00000176. The van der Waals surface area contributed by atoms with E-state index >= 15 is 0 Å². The van der Waals surface area contributed by atoms with E-state index in [2.05, 4.69) is 17.2 Å². The summed E-state index contributed by atoms with van der Waals surface area (Å²) in [6.07, 6.45) is 8.86. The minimum Gasteiger partial charge on any atom is -0.385 e. The number of nitrogens with two attached hydrogens (primary N) is 1. The number of halogens is 1. The van der Waals surface area contributed by atoms with Gasteiger partial charge in [-0.2, -0.15) is 0 Å². The Morgan fingerprint density at radius 3 is 2.63 bits per heavy atom. The Bertz CT molecular complexity index is 817. The van der Waals surface area contributed by atoms with E-state index in [1.165, 1.54) is 6.07 Å². The van der Waals surface area contributed by atoms with Crippen LogP contribution in [0.1, 0.15) is 26.3 Å². The Morgan fingerprint density at radius 2 is 2.07 bits per heavy atom. The highest BCUT2D eigenvalue weighted by molar-refractivity contribution is 6.00. The van der Waals surface area contributed by atoms with Gasteiger partial charge < -0.3 is 16.4 Å².